The van der Waals surface area contributed by atoms with Crippen LogP contribution in [0.5, 0.6) is 0 Å². The van der Waals surface area contributed by atoms with Crippen LogP contribution < -0.4 is 10.6 Å². The van der Waals surface area contributed by atoms with Gasteiger partial charge in [-0.2, -0.15) is 23.5 Å². The minimum absolute atomic E-state index is 0.453. The molecule has 1 aliphatic heterocycles. The van der Waals surface area contributed by atoms with Gasteiger partial charge < -0.3 is 15.4 Å². The molecule has 1 aromatic heterocycles. The highest BCUT2D eigenvalue weighted by Gasteiger charge is 2.14. The van der Waals surface area contributed by atoms with Crippen molar-refractivity contribution >= 4 is 35.2 Å². The predicted octanol–water partition coefficient (Wildman–Crippen LogP) is 2.32. The maximum atomic E-state index is 5.38. The third-order valence-electron chi connectivity index (χ3n) is 2.86. The Morgan fingerprint density at radius 3 is 2.90 bits per heavy atom. The normalized spacial score (nSPS) is 18.8. The van der Waals surface area contributed by atoms with Gasteiger partial charge in [0.1, 0.15) is 18.2 Å². The monoisotopic (exact) mass is 314 g/mol. The molecule has 2 rings (SSSR count). The maximum Gasteiger partial charge on any atom is 0.158 e. The molecule has 2 heterocycles. The maximum absolute atomic E-state index is 5.38. The summed E-state index contributed by atoms with van der Waals surface area (Å²) < 4.78 is 5.38. The second kappa shape index (κ2) is 8.59. The second-order valence-electron chi connectivity index (χ2n) is 4.39. The molecule has 1 unspecified atom stereocenters. The van der Waals surface area contributed by atoms with Gasteiger partial charge in [-0.05, 0) is 6.92 Å². The van der Waals surface area contributed by atoms with E-state index in [1.165, 1.54) is 17.3 Å². The van der Waals surface area contributed by atoms with Crippen LogP contribution >= 0.6 is 23.5 Å². The highest BCUT2D eigenvalue weighted by atomic mass is 32.2. The zero-order valence-electron chi connectivity index (χ0n) is 12.0. The summed E-state index contributed by atoms with van der Waals surface area (Å²) in [6.45, 7) is 4.05. The van der Waals surface area contributed by atoms with E-state index in [1.807, 2.05) is 43.6 Å². The first-order valence-corrected chi connectivity index (χ1v) is 9.09. The van der Waals surface area contributed by atoms with E-state index in [0.717, 1.165) is 18.2 Å². The van der Waals surface area contributed by atoms with Crippen LogP contribution in [0.1, 0.15) is 12.7 Å². The zero-order valence-corrected chi connectivity index (χ0v) is 13.6. The molecule has 0 spiro atoms. The molecule has 1 aliphatic rings. The van der Waals surface area contributed by atoms with Gasteiger partial charge in [0.05, 0.1) is 0 Å². The van der Waals surface area contributed by atoms with Gasteiger partial charge in [0.25, 0.3) is 0 Å². The molecule has 0 radical (unpaired) electrons. The van der Waals surface area contributed by atoms with E-state index in [1.54, 1.807) is 0 Å². The van der Waals surface area contributed by atoms with Crippen molar-refractivity contribution in [2.75, 3.05) is 48.1 Å². The lowest BCUT2D eigenvalue weighted by atomic mass is 10.4. The molecule has 0 bridgehead atoms. The first-order valence-electron chi connectivity index (χ1n) is 6.88. The summed E-state index contributed by atoms with van der Waals surface area (Å²) in [5, 5.41) is 7.16. The van der Waals surface area contributed by atoms with Crippen molar-refractivity contribution in [3.8, 4) is 0 Å². The SMILES string of the molecule is CCOCc1nc(NC)cc(NCC2CSCCS2)n1. The van der Waals surface area contributed by atoms with Gasteiger partial charge in [-0.25, -0.2) is 9.97 Å². The van der Waals surface area contributed by atoms with Crippen LogP contribution in [-0.4, -0.2) is 52.7 Å². The van der Waals surface area contributed by atoms with Gasteiger partial charge in [-0.15, -0.1) is 0 Å². The minimum Gasteiger partial charge on any atom is -0.374 e. The number of anilines is 2. The molecule has 0 aromatic carbocycles. The first-order chi connectivity index (χ1) is 9.81. The van der Waals surface area contributed by atoms with E-state index in [2.05, 4.69) is 20.6 Å². The molecule has 2 N–H and O–H groups in total. The number of thioether (sulfide) groups is 2. The Kier molecular flexibility index (Phi) is 6.75. The summed E-state index contributed by atoms with van der Waals surface area (Å²) in [6, 6.07) is 1.94. The van der Waals surface area contributed by atoms with Crippen molar-refractivity contribution in [1.82, 2.24) is 9.97 Å². The minimum atomic E-state index is 0.453. The van der Waals surface area contributed by atoms with E-state index in [-0.39, 0.29) is 0 Å². The zero-order chi connectivity index (χ0) is 14.2. The summed E-state index contributed by atoms with van der Waals surface area (Å²) in [4.78, 5) is 8.89. The fourth-order valence-corrected chi connectivity index (χ4v) is 4.46. The third-order valence-corrected chi connectivity index (χ3v) is 5.70. The van der Waals surface area contributed by atoms with Gasteiger partial charge in [0.15, 0.2) is 5.82 Å². The number of nitrogens with one attached hydrogen (secondary N) is 2. The van der Waals surface area contributed by atoms with Crippen molar-refractivity contribution in [1.29, 1.82) is 0 Å². The molecule has 1 atom stereocenters. The Balaban J connectivity index is 1.94. The molecule has 1 saturated heterocycles. The molecule has 112 valence electrons. The Labute approximate surface area is 129 Å². The summed E-state index contributed by atoms with van der Waals surface area (Å²) in [5.41, 5.74) is 0. The Bertz CT molecular complexity index is 413. The fourth-order valence-electron chi connectivity index (χ4n) is 1.85. The number of nitrogens with zero attached hydrogens (tertiary/aromatic N) is 2. The standard InChI is InChI=1S/C13H22N4OS2/c1-3-18-8-13-16-11(14-2)6-12(17-13)15-7-10-9-19-4-5-20-10/h6,10H,3-5,7-9H2,1-2H3,(H2,14,15,16,17). The van der Waals surface area contributed by atoms with Gasteiger partial charge in [0.2, 0.25) is 0 Å². The van der Waals surface area contributed by atoms with Crippen molar-refractivity contribution in [3.63, 3.8) is 0 Å². The van der Waals surface area contributed by atoms with Crippen molar-refractivity contribution < 1.29 is 4.74 Å². The van der Waals surface area contributed by atoms with Gasteiger partial charge in [0, 0.05) is 48.8 Å². The quantitative estimate of drug-likeness (QED) is 0.801. The van der Waals surface area contributed by atoms with Crippen LogP contribution in [0, 0.1) is 0 Å². The van der Waals surface area contributed by atoms with E-state index in [0.29, 0.717) is 24.3 Å². The van der Waals surface area contributed by atoms with Crippen molar-refractivity contribution in [3.05, 3.63) is 11.9 Å². The molecule has 1 fully saturated rings. The van der Waals surface area contributed by atoms with Gasteiger partial charge in [-0.1, -0.05) is 0 Å². The summed E-state index contributed by atoms with van der Waals surface area (Å²) in [5.74, 6) is 6.15. The molecule has 0 amide bonds. The summed E-state index contributed by atoms with van der Waals surface area (Å²) in [7, 11) is 1.87. The Hall–Kier alpha value is -0.660. The number of hydrogen-bond donors (Lipinski definition) is 2. The number of ether oxygens (including phenoxy) is 1. The topological polar surface area (TPSA) is 59.1 Å². The average Bonchev–Trinajstić information content (AvgIpc) is 2.51. The molecule has 5 nitrogen and oxygen atoms in total. The molecule has 0 aliphatic carbocycles. The van der Waals surface area contributed by atoms with Gasteiger partial charge >= 0.3 is 0 Å². The molecule has 0 saturated carbocycles. The number of hydrogen-bond acceptors (Lipinski definition) is 7. The molecular weight excluding hydrogens is 292 g/mol. The third kappa shape index (κ3) is 5.03. The van der Waals surface area contributed by atoms with Crippen LogP contribution in [0.4, 0.5) is 11.6 Å². The highest BCUT2D eigenvalue weighted by Crippen LogP contribution is 2.24. The number of rotatable bonds is 7. The molecular formula is C13H22N4OS2. The molecule has 1 aromatic rings. The average molecular weight is 314 g/mol. The lowest BCUT2D eigenvalue weighted by Gasteiger charge is -2.21. The molecule has 7 heteroatoms. The second-order valence-corrected chi connectivity index (χ2v) is 6.95. The van der Waals surface area contributed by atoms with Crippen LogP contribution in [0.25, 0.3) is 0 Å². The van der Waals surface area contributed by atoms with E-state index < -0.39 is 0 Å². The lowest BCUT2D eigenvalue weighted by Crippen LogP contribution is -2.23. The lowest BCUT2D eigenvalue weighted by molar-refractivity contribution is 0.128. The molecule has 20 heavy (non-hydrogen) atoms. The van der Waals surface area contributed by atoms with Gasteiger partial charge in [-0.3, -0.25) is 0 Å². The summed E-state index contributed by atoms with van der Waals surface area (Å²) >= 11 is 4.08. The van der Waals surface area contributed by atoms with Crippen LogP contribution in [0.2, 0.25) is 0 Å². The first kappa shape index (κ1) is 15.7. The fraction of sp³-hybridized carbons (Fsp3) is 0.692. The Morgan fingerprint density at radius 1 is 1.35 bits per heavy atom. The number of aromatic nitrogens is 2. The summed E-state index contributed by atoms with van der Waals surface area (Å²) in [6.07, 6.45) is 0. The van der Waals surface area contributed by atoms with E-state index >= 15 is 0 Å². The van der Waals surface area contributed by atoms with Crippen LogP contribution in [0.15, 0.2) is 6.07 Å². The smallest absolute Gasteiger partial charge is 0.158 e. The largest absolute Gasteiger partial charge is 0.374 e. The Morgan fingerprint density at radius 2 is 2.20 bits per heavy atom. The van der Waals surface area contributed by atoms with Crippen LogP contribution in [-0.2, 0) is 11.3 Å². The predicted molar refractivity (Wildman–Crippen MR) is 89.0 cm³/mol. The van der Waals surface area contributed by atoms with E-state index in [4.69, 9.17) is 4.74 Å². The van der Waals surface area contributed by atoms with E-state index in [9.17, 15) is 0 Å². The van der Waals surface area contributed by atoms with Crippen molar-refractivity contribution in [2.24, 2.45) is 0 Å². The highest BCUT2D eigenvalue weighted by molar-refractivity contribution is 8.06. The van der Waals surface area contributed by atoms with Crippen molar-refractivity contribution in [2.45, 2.75) is 18.8 Å². The van der Waals surface area contributed by atoms with Crippen LogP contribution in [0.3, 0.4) is 0 Å².